The standard InChI is InChI=1S/C26H31ClN6O3/c1-17(33-13-5-2-6-14-33)15-29-24(35)22-26(25(28)36,31-16-30-22)18-9-11-19(12-10-18)32-23(34)20-7-3-4-8-21(20)27/h3-4,7-12,16-17,22H,2,5-6,13-15H2,1H3,(H2,28,36)(H,29,35)(H,30,31)(H,32,34). The van der Waals surface area contributed by atoms with Gasteiger partial charge in [0.1, 0.15) is 0 Å². The third-order valence-electron chi connectivity index (χ3n) is 6.87. The number of nitrogens with two attached hydrogens (primary N) is 1. The number of benzene rings is 2. The molecule has 0 aromatic heterocycles. The lowest BCUT2D eigenvalue weighted by Crippen LogP contribution is -2.60. The number of halogens is 1. The number of primary amides is 1. The fraction of sp³-hybridized carbons (Fsp3) is 0.385. The number of nitrogens with zero attached hydrogens (tertiary/aromatic N) is 2. The second-order valence-corrected chi connectivity index (χ2v) is 9.61. The van der Waals surface area contributed by atoms with Crippen LogP contribution in [0.15, 0.2) is 53.5 Å². The first kappa shape index (κ1) is 25.7. The van der Waals surface area contributed by atoms with Gasteiger partial charge < -0.3 is 21.7 Å². The predicted molar refractivity (Wildman–Crippen MR) is 140 cm³/mol. The van der Waals surface area contributed by atoms with Crippen molar-refractivity contribution in [3.8, 4) is 0 Å². The van der Waals surface area contributed by atoms with Crippen LogP contribution in [-0.4, -0.2) is 60.7 Å². The fourth-order valence-electron chi connectivity index (χ4n) is 4.75. The SMILES string of the molecule is CC(CNC(=O)C1N=CNC1(C(N)=O)c1ccc(NC(=O)c2ccccc2Cl)cc1)N1CCCCC1. The lowest BCUT2D eigenvalue weighted by atomic mass is 9.82. The maximum absolute atomic E-state index is 13.2. The molecular formula is C26H31ClN6O3. The molecule has 10 heteroatoms. The average Bonchev–Trinajstić information content (AvgIpc) is 3.35. The molecule has 3 atom stereocenters. The van der Waals surface area contributed by atoms with Gasteiger partial charge in [0.25, 0.3) is 11.8 Å². The molecule has 36 heavy (non-hydrogen) atoms. The number of amides is 3. The first-order valence-corrected chi connectivity index (χ1v) is 12.5. The Morgan fingerprint density at radius 3 is 2.50 bits per heavy atom. The van der Waals surface area contributed by atoms with Crippen molar-refractivity contribution in [3.05, 3.63) is 64.7 Å². The number of hydrogen-bond acceptors (Lipinski definition) is 6. The highest BCUT2D eigenvalue weighted by Crippen LogP contribution is 2.31. The van der Waals surface area contributed by atoms with E-state index in [2.05, 4.69) is 32.8 Å². The van der Waals surface area contributed by atoms with Crippen molar-refractivity contribution in [2.45, 2.75) is 43.8 Å². The average molecular weight is 511 g/mol. The zero-order chi connectivity index (χ0) is 25.7. The van der Waals surface area contributed by atoms with E-state index in [9.17, 15) is 14.4 Å². The highest BCUT2D eigenvalue weighted by Gasteiger charge is 2.52. The van der Waals surface area contributed by atoms with Gasteiger partial charge in [-0.05, 0) is 62.7 Å². The van der Waals surface area contributed by atoms with Crippen molar-refractivity contribution in [3.63, 3.8) is 0 Å². The minimum Gasteiger partial charge on any atom is -0.367 e. The van der Waals surface area contributed by atoms with Gasteiger partial charge in [-0.15, -0.1) is 0 Å². The third kappa shape index (κ3) is 5.22. The smallest absolute Gasteiger partial charge is 0.257 e. The minimum atomic E-state index is -1.54. The summed E-state index contributed by atoms with van der Waals surface area (Å²) in [7, 11) is 0. The number of aliphatic imine (C=N–C) groups is 1. The van der Waals surface area contributed by atoms with Gasteiger partial charge in [-0.1, -0.05) is 42.3 Å². The molecule has 0 spiro atoms. The Morgan fingerprint density at radius 1 is 1.14 bits per heavy atom. The van der Waals surface area contributed by atoms with Gasteiger partial charge in [0.15, 0.2) is 11.6 Å². The van der Waals surface area contributed by atoms with Crippen molar-refractivity contribution in [1.82, 2.24) is 15.5 Å². The topological polar surface area (TPSA) is 129 Å². The lowest BCUT2D eigenvalue weighted by Gasteiger charge is -2.34. The molecule has 1 fully saturated rings. The summed E-state index contributed by atoms with van der Waals surface area (Å²) in [6.07, 6.45) is 4.90. The molecule has 1 saturated heterocycles. The summed E-state index contributed by atoms with van der Waals surface area (Å²) in [5.74, 6) is -1.47. The molecule has 0 aliphatic carbocycles. The summed E-state index contributed by atoms with van der Waals surface area (Å²) in [4.78, 5) is 45.1. The van der Waals surface area contributed by atoms with Crippen LogP contribution in [0.4, 0.5) is 5.69 Å². The van der Waals surface area contributed by atoms with E-state index in [4.69, 9.17) is 17.3 Å². The zero-order valence-electron chi connectivity index (χ0n) is 20.2. The first-order valence-electron chi connectivity index (χ1n) is 12.1. The highest BCUT2D eigenvalue weighted by molar-refractivity contribution is 6.34. The summed E-state index contributed by atoms with van der Waals surface area (Å²) in [6, 6.07) is 12.4. The summed E-state index contributed by atoms with van der Waals surface area (Å²) in [6.45, 7) is 4.57. The van der Waals surface area contributed by atoms with Crippen molar-refractivity contribution >= 4 is 41.3 Å². The van der Waals surface area contributed by atoms with Crippen LogP contribution in [0.3, 0.4) is 0 Å². The van der Waals surface area contributed by atoms with Gasteiger partial charge in [0.05, 0.1) is 16.9 Å². The van der Waals surface area contributed by atoms with Crippen LogP contribution in [-0.2, 0) is 15.1 Å². The monoisotopic (exact) mass is 510 g/mol. The predicted octanol–water partition coefficient (Wildman–Crippen LogP) is 2.26. The van der Waals surface area contributed by atoms with Crippen LogP contribution in [0.5, 0.6) is 0 Å². The van der Waals surface area contributed by atoms with Gasteiger partial charge in [-0.3, -0.25) is 24.3 Å². The number of carbonyl (C=O) groups excluding carboxylic acids is 3. The Hall–Kier alpha value is -3.43. The van der Waals surface area contributed by atoms with Gasteiger partial charge >= 0.3 is 0 Å². The molecule has 9 nitrogen and oxygen atoms in total. The molecule has 3 unspecified atom stereocenters. The van der Waals surface area contributed by atoms with Gasteiger partial charge in [-0.25, -0.2) is 0 Å². The number of hydrogen-bond donors (Lipinski definition) is 4. The number of piperidine rings is 1. The van der Waals surface area contributed by atoms with Crippen LogP contribution < -0.4 is 21.7 Å². The maximum Gasteiger partial charge on any atom is 0.257 e. The molecule has 2 heterocycles. The van der Waals surface area contributed by atoms with E-state index in [-0.39, 0.29) is 17.9 Å². The highest BCUT2D eigenvalue weighted by atomic mass is 35.5. The Kier molecular flexibility index (Phi) is 7.91. The quantitative estimate of drug-likeness (QED) is 0.433. The lowest BCUT2D eigenvalue weighted by molar-refractivity contribution is -0.131. The summed E-state index contributed by atoms with van der Waals surface area (Å²) in [5, 5.41) is 8.99. The Bertz CT molecular complexity index is 1150. The van der Waals surface area contributed by atoms with Crippen LogP contribution in [0.2, 0.25) is 5.02 Å². The second-order valence-electron chi connectivity index (χ2n) is 9.20. The second kappa shape index (κ2) is 11.1. The molecule has 0 bridgehead atoms. The van der Waals surface area contributed by atoms with E-state index in [0.29, 0.717) is 28.4 Å². The van der Waals surface area contributed by atoms with Gasteiger partial charge in [-0.2, -0.15) is 0 Å². The van der Waals surface area contributed by atoms with E-state index in [0.717, 1.165) is 25.9 Å². The molecule has 5 N–H and O–H groups in total. The van der Waals surface area contributed by atoms with Crippen molar-refractivity contribution in [2.24, 2.45) is 10.7 Å². The van der Waals surface area contributed by atoms with E-state index >= 15 is 0 Å². The molecule has 2 aromatic carbocycles. The van der Waals surface area contributed by atoms with Crippen molar-refractivity contribution in [1.29, 1.82) is 0 Å². The van der Waals surface area contributed by atoms with Crippen LogP contribution in [0.25, 0.3) is 0 Å². The molecule has 0 radical (unpaired) electrons. The normalized spacial score (nSPS) is 22.4. The maximum atomic E-state index is 13.2. The minimum absolute atomic E-state index is 0.177. The van der Waals surface area contributed by atoms with Gasteiger partial charge in [0, 0.05) is 18.3 Å². The van der Waals surface area contributed by atoms with E-state index in [1.54, 1.807) is 48.5 Å². The summed E-state index contributed by atoms with van der Waals surface area (Å²) >= 11 is 6.11. The fourth-order valence-corrected chi connectivity index (χ4v) is 4.97. The number of likely N-dealkylation sites (tertiary alicyclic amines) is 1. The molecular weight excluding hydrogens is 480 g/mol. The number of anilines is 1. The summed E-state index contributed by atoms with van der Waals surface area (Å²) < 4.78 is 0. The first-order chi connectivity index (χ1) is 17.3. The van der Waals surface area contributed by atoms with E-state index < -0.39 is 17.5 Å². The third-order valence-corrected chi connectivity index (χ3v) is 7.19. The summed E-state index contributed by atoms with van der Waals surface area (Å²) in [5.41, 5.74) is 5.59. The van der Waals surface area contributed by atoms with E-state index in [1.165, 1.54) is 12.8 Å². The largest absolute Gasteiger partial charge is 0.367 e. The van der Waals surface area contributed by atoms with Crippen LogP contribution in [0, 0.1) is 0 Å². The molecule has 2 aliphatic heterocycles. The number of carbonyl (C=O) groups is 3. The van der Waals surface area contributed by atoms with Crippen LogP contribution >= 0.6 is 11.6 Å². The molecule has 2 aliphatic rings. The molecule has 3 amide bonds. The number of nitrogens with one attached hydrogen (secondary N) is 3. The van der Waals surface area contributed by atoms with Crippen molar-refractivity contribution < 1.29 is 14.4 Å². The van der Waals surface area contributed by atoms with E-state index in [1.807, 2.05) is 0 Å². The molecule has 0 saturated carbocycles. The molecule has 4 rings (SSSR count). The zero-order valence-corrected chi connectivity index (χ0v) is 20.9. The molecule has 2 aromatic rings. The van der Waals surface area contributed by atoms with Gasteiger partial charge in [0.2, 0.25) is 5.91 Å². The number of rotatable bonds is 8. The Morgan fingerprint density at radius 2 is 1.83 bits per heavy atom. The Balaban J connectivity index is 1.47. The molecule has 190 valence electrons. The van der Waals surface area contributed by atoms with Crippen LogP contribution in [0.1, 0.15) is 42.1 Å². The Labute approximate surface area is 215 Å². The van der Waals surface area contributed by atoms with Crippen molar-refractivity contribution in [2.75, 3.05) is 25.0 Å².